The number of nitrogen functional groups attached to an aromatic ring is 1. The van der Waals surface area contributed by atoms with Crippen molar-refractivity contribution in [3.63, 3.8) is 0 Å². The molecule has 94 valence electrons. The van der Waals surface area contributed by atoms with Crippen LogP contribution in [0.2, 0.25) is 0 Å². The average molecular weight is 239 g/mol. The lowest BCUT2D eigenvalue weighted by molar-refractivity contribution is 0.0686. The van der Waals surface area contributed by atoms with Crippen LogP contribution in [0.25, 0.3) is 0 Å². The van der Waals surface area contributed by atoms with Crippen molar-refractivity contribution < 1.29 is 9.42 Å². The summed E-state index contributed by atoms with van der Waals surface area (Å²) in [6.45, 7) is 4.55. The number of carbonyl (C=O) groups excluding carboxylic acids is 1. The molecule has 2 heterocycles. The summed E-state index contributed by atoms with van der Waals surface area (Å²) in [6, 6.07) is 0.131. The lowest BCUT2D eigenvalue weighted by Gasteiger charge is -2.27. The Bertz CT molecular complexity index is 405. The van der Waals surface area contributed by atoms with E-state index in [-0.39, 0.29) is 23.5 Å². The van der Waals surface area contributed by atoms with Gasteiger partial charge < -0.3 is 15.5 Å². The number of carbonyl (C=O) groups is 1. The van der Waals surface area contributed by atoms with Crippen molar-refractivity contribution in [2.45, 2.75) is 19.4 Å². The third kappa shape index (κ3) is 2.38. The molecule has 0 spiro atoms. The number of likely N-dealkylation sites (N-methyl/N-ethyl adjacent to an activating group) is 1. The number of hydrogen-bond acceptors (Lipinski definition) is 6. The van der Waals surface area contributed by atoms with Crippen LogP contribution in [0.3, 0.4) is 0 Å². The van der Waals surface area contributed by atoms with Gasteiger partial charge in [-0.1, -0.05) is 0 Å². The number of hydrogen-bond donors (Lipinski definition) is 1. The van der Waals surface area contributed by atoms with Gasteiger partial charge in [-0.25, -0.2) is 4.63 Å². The van der Waals surface area contributed by atoms with E-state index in [9.17, 15) is 4.79 Å². The van der Waals surface area contributed by atoms with Gasteiger partial charge in [0.25, 0.3) is 5.91 Å². The van der Waals surface area contributed by atoms with E-state index < -0.39 is 0 Å². The molecule has 1 aliphatic heterocycles. The van der Waals surface area contributed by atoms with Crippen molar-refractivity contribution in [2.24, 2.45) is 0 Å². The second-order valence-corrected chi connectivity index (χ2v) is 4.46. The molecular formula is C10H17N5O2. The Morgan fingerprint density at radius 3 is 2.88 bits per heavy atom. The Hall–Kier alpha value is -1.63. The fraction of sp³-hybridized carbons (Fsp3) is 0.700. The molecule has 2 N–H and O–H groups in total. The van der Waals surface area contributed by atoms with E-state index in [1.165, 1.54) is 0 Å². The smallest absolute Gasteiger partial charge is 0.280 e. The molecule has 0 saturated carbocycles. The minimum Gasteiger partial charge on any atom is -0.379 e. The van der Waals surface area contributed by atoms with Gasteiger partial charge in [0.2, 0.25) is 11.5 Å². The number of nitrogens with two attached hydrogens (primary N) is 1. The summed E-state index contributed by atoms with van der Waals surface area (Å²) in [4.78, 5) is 16.2. The minimum atomic E-state index is -0.202. The minimum absolute atomic E-state index is 0.0554. The second-order valence-electron chi connectivity index (χ2n) is 4.46. The van der Waals surface area contributed by atoms with E-state index in [4.69, 9.17) is 5.73 Å². The Morgan fingerprint density at radius 1 is 1.47 bits per heavy atom. The molecule has 1 unspecified atom stereocenters. The van der Waals surface area contributed by atoms with Gasteiger partial charge in [0, 0.05) is 19.1 Å². The van der Waals surface area contributed by atoms with Crippen LogP contribution >= 0.6 is 0 Å². The summed E-state index contributed by atoms with van der Waals surface area (Å²) in [7, 11) is 2.05. The van der Waals surface area contributed by atoms with Gasteiger partial charge in [0.15, 0.2) is 0 Å². The highest BCUT2D eigenvalue weighted by Gasteiger charge is 2.28. The highest BCUT2D eigenvalue weighted by Crippen LogP contribution is 2.14. The average Bonchev–Trinajstić information content (AvgIpc) is 2.61. The topological polar surface area (TPSA) is 88.5 Å². The lowest BCUT2D eigenvalue weighted by atomic mass is 10.2. The molecule has 0 bridgehead atoms. The standard InChI is InChI=1S/C10H17N5O2/c1-7-6-14(2)4-3-5-15(7)10(16)8-9(11)13-17-12-8/h7H,3-6H2,1-2H3,(H2,11,13). The van der Waals surface area contributed by atoms with Gasteiger partial charge in [-0.2, -0.15) is 0 Å². The third-order valence-electron chi connectivity index (χ3n) is 3.02. The SMILES string of the molecule is CC1CN(C)CCCN1C(=O)c1nonc1N. The van der Waals surface area contributed by atoms with Gasteiger partial charge in [-0.15, -0.1) is 0 Å². The molecule has 0 aromatic carbocycles. The first-order valence-corrected chi connectivity index (χ1v) is 5.67. The summed E-state index contributed by atoms with van der Waals surface area (Å²) < 4.78 is 4.46. The molecule has 1 aliphatic rings. The molecule has 1 saturated heterocycles. The number of amides is 1. The van der Waals surface area contributed by atoms with Gasteiger partial charge in [-0.3, -0.25) is 4.79 Å². The molecule has 1 amide bonds. The Labute approximate surface area is 99.5 Å². The highest BCUT2D eigenvalue weighted by molar-refractivity contribution is 5.96. The fourth-order valence-corrected chi connectivity index (χ4v) is 2.15. The lowest BCUT2D eigenvalue weighted by Crippen LogP contribution is -2.42. The maximum Gasteiger partial charge on any atom is 0.280 e. The molecule has 1 aromatic heterocycles. The van der Waals surface area contributed by atoms with E-state index in [2.05, 4.69) is 26.9 Å². The van der Waals surface area contributed by atoms with Crippen LogP contribution in [-0.4, -0.2) is 58.7 Å². The summed E-state index contributed by atoms with van der Waals surface area (Å²) in [5.41, 5.74) is 5.65. The zero-order valence-corrected chi connectivity index (χ0v) is 10.1. The molecule has 1 atom stereocenters. The molecule has 1 fully saturated rings. The summed E-state index contributed by atoms with van der Waals surface area (Å²) >= 11 is 0. The molecule has 7 nitrogen and oxygen atoms in total. The van der Waals surface area contributed by atoms with E-state index in [0.29, 0.717) is 6.54 Å². The number of nitrogens with zero attached hydrogens (tertiary/aromatic N) is 4. The fourth-order valence-electron chi connectivity index (χ4n) is 2.15. The zero-order chi connectivity index (χ0) is 12.4. The monoisotopic (exact) mass is 239 g/mol. The third-order valence-corrected chi connectivity index (χ3v) is 3.02. The van der Waals surface area contributed by atoms with E-state index in [1.807, 2.05) is 6.92 Å². The van der Waals surface area contributed by atoms with Gasteiger partial charge in [-0.05, 0) is 37.3 Å². The Balaban J connectivity index is 2.16. The van der Waals surface area contributed by atoms with Crippen molar-refractivity contribution in [2.75, 3.05) is 32.4 Å². The highest BCUT2D eigenvalue weighted by atomic mass is 16.6. The van der Waals surface area contributed by atoms with Crippen LogP contribution in [0.5, 0.6) is 0 Å². The predicted octanol–water partition coefficient (Wildman–Crippen LogP) is -0.182. The van der Waals surface area contributed by atoms with Gasteiger partial charge in [0.1, 0.15) is 0 Å². The van der Waals surface area contributed by atoms with E-state index in [1.54, 1.807) is 4.90 Å². The molecule has 0 radical (unpaired) electrons. The van der Waals surface area contributed by atoms with Crippen molar-refractivity contribution in [3.05, 3.63) is 5.69 Å². The maximum atomic E-state index is 12.2. The van der Waals surface area contributed by atoms with Gasteiger partial charge >= 0.3 is 0 Å². The van der Waals surface area contributed by atoms with Crippen molar-refractivity contribution in [1.29, 1.82) is 0 Å². The van der Waals surface area contributed by atoms with Crippen LogP contribution in [0.4, 0.5) is 5.82 Å². The number of rotatable bonds is 1. The Kier molecular flexibility index (Phi) is 3.28. The molecular weight excluding hydrogens is 222 g/mol. The van der Waals surface area contributed by atoms with Crippen molar-refractivity contribution in [3.8, 4) is 0 Å². The molecule has 2 rings (SSSR count). The van der Waals surface area contributed by atoms with Gasteiger partial charge in [0.05, 0.1) is 0 Å². The zero-order valence-electron chi connectivity index (χ0n) is 10.1. The second kappa shape index (κ2) is 4.70. The molecule has 17 heavy (non-hydrogen) atoms. The molecule has 0 aliphatic carbocycles. The summed E-state index contributed by atoms with van der Waals surface area (Å²) in [5, 5.41) is 6.99. The van der Waals surface area contributed by atoms with Crippen LogP contribution in [0, 0.1) is 0 Å². The predicted molar refractivity (Wildman–Crippen MR) is 61.3 cm³/mol. The normalized spacial score (nSPS) is 22.5. The Morgan fingerprint density at radius 2 is 2.24 bits per heavy atom. The van der Waals surface area contributed by atoms with Crippen LogP contribution in [0.15, 0.2) is 4.63 Å². The molecule has 7 heteroatoms. The van der Waals surface area contributed by atoms with Crippen LogP contribution < -0.4 is 5.73 Å². The van der Waals surface area contributed by atoms with Crippen LogP contribution in [-0.2, 0) is 0 Å². The molecule has 1 aromatic rings. The van der Waals surface area contributed by atoms with E-state index >= 15 is 0 Å². The van der Waals surface area contributed by atoms with Crippen LogP contribution in [0.1, 0.15) is 23.8 Å². The summed E-state index contributed by atoms with van der Waals surface area (Å²) in [5.74, 6) is -0.147. The van der Waals surface area contributed by atoms with E-state index in [0.717, 1.165) is 19.5 Å². The quantitative estimate of drug-likeness (QED) is 0.731. The first-order chi connectivity index (χ1) is 8.09. The van der Waals surface area contributed by atoms with Crippen molar-refractivity contribution in [1.82, 2.24) is 20.1 Å². The number of aromatic nitrogens is 2. The largest absolute Gasteiger partial charge is 0.379 e. The van der Waals surface area contributed by atoms with Crippen molar-refractivity contribution >= 4 is 11.7 Å². The first kappa shape index (κ1) is 11.8. The number of anilines is 1. The first-order valence-electron chi connectivity index (χ1n) is 5.67. The maximum absolute atomic E-state index is 12.2. The summed E-state index contributed by atoms with van der Waals surface area (Å²) in [6.07, 6.45) is 0.942.